The predicted molar refractivity (Wildman–Crippen MR) is 128 cm³/mol. The van der Waals surface area contributed by atoms with Crippen LogP contribution in [0.4, 0.5) is 10.1 Å². The molecular formula is C25H24ClFNO4S-. The molecule has 0 radical (unpaired) electrons. The van der Waals surface area contributed by atoms with E-state index in [1.165, 1.54) is 16.4 Å². The average molecular weight is 489 g/mol. The molecule has 2 unspecified atom stereocenters. The van der Waals surface area contributed by atoms with E-state index >= 15 is 0 Å². The van der Waals surface area contributed by atoms with Crippen LogP contribution in [0.2, 0.25) is 5.02 Å². The number of aryl methyl sites for hydroxylation is 1. The van der Waals surface area contributed by atoms with Gasteiger partial charge in [0.25, 0.3) is 0 Å². The molecule has 0 bridgehead atoms. The van der Waals surface area contributed by atoms with Crippen LogP contribution >= 0.6 is 11.6 Å². The van der Waals surface area contributed by atoms with E-state index in [-0.39, 0.29) is 24.7 Å². The van der Waals surface area contributed by atoms with Crippen LogP contribution in [-0.2, 0) is 28.9 Å². The van der Waals surface area contributed by atoms with Crippen LogP contribution in [0.5, 0.6) is 0 Å². The molecule has 0 saturated heterocycles. The fourth-order valence-corrected chi connectivity index (χ4v) is 4.31. The highest BCUT2D eigenvalue weighted by molar-refractivity contribution is 7.80. The third kappa shape index (κ3) is 7.12. The summed E-state index contributed by atoms with van der Waals surface area (Å²) in [4.78, 5) is 11.1. The number of carboxylic acid groups (broad SMARTS) is 1. The van der Waals surface area contributed by atoms with Gasteiger partial charge in [0.2, 0.25) is 0 Å². The molecule has 0 aromatic heterocycles. The van der Waals surface area contributed by atoms with Crippen molar-refractivity contribution in [3.8, 4) is 0 Å². The van der Waals surface area contributed by atoms with E-state index in [0.717, 1.165) is 22.3 Å². The van der Waals surface area contributed by atoms with Crippen LogP contribution in [0.1, 0.15) is 41.5 Å². The van der Waals surface area contributed by atoms with Crippen molar-refractivity contribution < 1.29 is 23.1 Å². The highest BCUT2D eigenvalue weighted by Gasteiger charge is 2.14. The average Bonchev–Trinajstić information content (AvgIpc) is 2.78. The smallest absolute Gasteiger partial charge is 0.303 e. The van der Waals surface area contributed by atoms with E-state index in [0.29, 0.717) is 23.6 Å². The molecule has 0 aliphatic carbocycles. The zero-order valence-corrected chi connectivity index (χ0v) is 19.6. The SMILES string of the molecule is CC(c1ccc(F)cc1)c1cc(CCC(=O)O)cc(CCN(c2ccc(Cl)cc2)S(=O)[O-])c1. The second-order valence-corrected chi connectivity index (χ2v) is 9.11. The number of hydrogen-bond acceptors (Lipinski definition) is 3. The standard InChI is InChI=1S/C25H25ClFNO4S/c1-17(20-3-7-23(27)8-4-20)21-15-18(2-11-25(29)30)14-19(16-21)12-13-28(33(31)32)24-9-5-22(26)6-10-24/h3-10,14-17H,2,11-13H2,1H3,(H,29,30)(H,31,32)/p-1. The Morgan fingerprint density at radius 1 is 1.03 bits per heavy atom. The number of anilines is 1. The lowest BCUT2D eigenvalue weighted by Gasteiger charge is -2.27. The van der Waals surface area contributed by atoms with Gasteiger partial charge in [-0.1, -0.05) is 48.9 Å². The summed E-state index contributed by atoms with van der Waals surface area (Å²) in [5.74, 6) is -1.24. The van der Waals surface area contributed by atoms with Crippen molar-refractivity contribution in [1.29, 1.82) is 0 Å². The molecule has 0 aliphatic heterocycles. The summed E-state index contributed by atoms with van der Waals surface area (Å²) >= 11 is 3.44. The Morgan fingerprint density at radius 3 is 2.21 bits per heavy atom. The molecule has 2 atom stereocenters. The second kappa shape index (κ2) is 11.4. The van der Waals surface area contributed by atoms with E-state index in [9.17, 15) is 17.9 Å². The minimum atomic E-state index is -2.47. The molecule has 8 heteroatoms. The molecule has 0 heterocycles. The quantitative estimate of drug-likeness (QED) is 0.382. The van der Waals surface area contributed by atoms with E-state index in [1.54, 1.807) is 36.4 Å². The van der Waals surface area contributed by atoms with Crippen LogP contribution in [0.3, 0.4) is 0 Å². The Balaban J connectivity index is 1.87. The monoisotopic (exact) mass is 488 g/mol. The maximum absolute atomic E-state index is 13.3. The molecular weight excluding hydrogens is 465 g/mol. The number of carbonyl (C=O) groups is 1. The van der Waals surface area contributed by atoms with Crippen LogP contribution in [0.15, 0.2) is 66.7 Å². The Bertz CT molecular complexity index is 1120. The lowest BCUT2D eigenvalue weighted by atomic mass is 9.89. The first kappa shape index (κ1) is 24.9. The van der Waals surface area contributed by atoms with Crippen molar-refractivity contribution in [2.24, 2.45) is 0 Å². The first-order valence-corrected chi connectivity index (χ1v) is 11.9. The normalized spacial score (nSPS) is 12.8. The van der Waals surface area contributed by atoms with Gasteiger partial charge >= 0.3 is 5.97 Å². The number of nitrogens with zero attached hydrogens (tertiary/aromatic N) is 1. The zero-order valence-electron chi connectivity index (χ0n) is 18.0. The van der Waals surface area contributed by atoms with Crippen molar-refractivity contribution in [2.75, 3.05) is 10.8 Å². The maximum atomic E-state index is 13.3. The number of hydrogen-bond donors (Lipinski definition) is 1. The number of carboxylic acids is 1. The highest BCUT2D eigenvalue weighted by Crippen LogP contribution is 2.27. The number of rotatable bonds is 10. The molecule has 0 aliphatic rings. The van der Waals surface area contributed by atoms with Crippen molar-refractivity contribution in [3.63, 3.8) is 0 Å². The van der Waals surface area contributed by atoms with Gasteiger partial charge in [-0.05, 0) is 71.5 Å². The second-order valence-electron chi connectivity index (χ2n) is 7.80. The molecule has 1 N–H and O–H groups in total. The van der Waals surface area contributed by atoms with Crippen LogP contribution in [-0.4, -0.2) is 26.4 Å². The number of aliphatic carboxylic acids is 1. The Hall–Kier alpha value is -2.74. The summed E-state index contributed by atoms with van der Waals surface area (Å²) in [6.45, 7) is 2.21. The molecule has 3 rings (SSSR count). The zero-order chi connectivity index (χ0) is 24.0. The molecule has 0 fully saturated rings. The first-order valence-electron chi connectivity index (χ1n) is 10.5. The van der Waals surface area contributed by atoms with Gasteiger partial charge in [0.1, 0.15) is 5.82 Å². The molecule has 33 heavy (non-hydrogen) atoms. The minimum absolute atomic E-state index is 0.00466. The van der Waals surface area contributed by atoms with Crippen molar-refractivity contribution >= 4 is 34.5 Å². The van der Waals surface area contributed by atoms with E-state index < -0.39 is 17.2 Å². The highest BCUT2D eigenvalue weighted by atomic mass is 35.5. The molecule has 3 aromatic carbocycles. The van der Waals surface area contributed by atoms with Gasteiger partial charge < -0.3 is 14.0 Å². The van der Waals surface area contributed by atoms with Gasteiger partial charge in [-0.25, -0.2) is 4.39 Å². The van der Waals surface area contributed by atoms with Crippen LogP contribution < -0.4 is 4.31 Å². The molecule has 174 valence electrons. The third-order valence-corrected chi connectivity index (χ3v) is 6.48. The summed E-state index contributed by atoms with van der Waals surface area (Å²) in [6.07, 6.45) is 0.788. The van der Waals surface area contributed by atoms with Crippen molar-refractivity contribution in [3.05, 3.63) is 99.8 Å². The number of benzene rings is 3. The molecule has 5 nitrogen and oxygen atoms in total. The van der Waals surface area contributed by atoms with Gasteiger partial charge in [0.15, 0.2) is 0 Å². The van der Waals surface area contributed by atoms with Gasteiger partial charge in [-0.15, -0.1) is 0 Å². The van der Waals surface area contributed by atoms with E-state index in [1.807, 2.05) is 25.1 Å². The van der Waals surface area contributed by atoms with E-state index in [4.69, 9.17) is 16.7 Å². The summed E-state index contributed by atoms with van der Waals surface area (Å²) < 4.78 is 38.3. The van der Waals surface area contributed by atoms with Gasteiger partial charge in [0, 0.05) is 40.9 Å². The Labute approximate surface area is 200 Å². The minimum Gasteiger partial charge on any atom is -0.755 e. The first-order chi connectivity index (χ1) is 15.7. The lowest BCUT2D eigenvalue weighted by molar-refractivity contribution is -0.136. The summed E-state index contributed by atoms with van der Waals surface area (Å²) in [7, 11) is 0. The number of halogens is 2. The fourth-order valence-electron chi connectivity index (χ4n) is 3.65. The Morgan fingerprint density at radius 2 is 1.64 bits per heavy atom. The maximum Gasteiger partial charge on any atom is 0.303 e. The summed E-state index contributed by atoms with van der Waals surface area (Å²) in [5, 5.41) is 9.60. The Kier molecular flexibility index (Phi) is 8.61. The molecule has 3 aromatic rings. The van der Waals surface area contributed by atoms with Gasteiger partial charge in [-0.2, -0.15) is 0 Å². The molecule has 0 saturated carbocycles. The fraction of sp³-hybridized carbons (Fsp3) is 0.240. The lowest BCUT2D eigenvalue weighted by Crippen LogP contribution is -2.27. The van der Waals surface area contributed by atoms with E-state index in [2.05, 4.69) is 0 Å². The third-order valence-electron chi connectivity index (χ3n) is 5.47. The van der Waals surface area contributed by atoms with Crippen molar-refractivity contribution in [2.45, 2.75) is 32.1 Å². The van der Waals surface area contributed by atoms with Crippen LogP contribution in [0, 0.1) is 5.82 Å². The van der Waals surface area contributed by atoms with Crippen molar-refractivity contribution in [1.82, 2.24) is 0 Å². The van der Waals surface area contributed by atoms with Gasteiger partial charge in [0.05, 0.1) is 0 Å². The summed E-state index contributed by atoms with van der Waals surface area (Å²) in [5.41, 5.74) is 4.16. The molecule has 0 amide bonds. The predicted octanol–water partition coefficient (Wildman–Crippen LogP) is 5.49. The largest absolute Gasteiger partial charge is 0.755 e. The van der Waals surface area contributed by atoms with Gasteiger partial charge in [-0.3, -0.25) is 9.00 Å². The summed E-state index contributed by atoms with van der Waals surface area (Å²) in [6, 6.07) is 18.7. The topological polar surface area (TPSA) is 80.7 Å². The molecule has 0 spiro atoms. The van der Waals surface area contributed by atoms with Crippen LogP contribution in [0.25, 0.3) is 0 Å².